The van der Waals surface area contributed by atoms with Gasteiger partial charge in [0.2, 0.25) is 0 Å². The van der Waals surface area contributed by atoms with Crippen molar-refractivity contribution < 1.29 is 14.3 Å². The summed E-state index contributed by atoms with van der Waals surface area (Å²) in [7, 11) is 3.20. The second-order valence-corrected chi connectivity index (χ2v) is 5.58. The van der Waals surface area contributed by atoms with Crippen LogP contribution in [0.1, 0.15) is 37.7 Å². The van der Waals surface area contributed by atoms with Gasteiger partial charge in [0.25, 0.3) is 5.17 Å². The Bertz CT molecular complexity index is 528. The zero-order chi connectivity index (χ0) is 15.8. The van der Waals surface area contributed by atoms with Gasteiger partial charge in [-0.3, -0.25) is 0 Å². The van der Waals surface area contributed by atoms with Crippen molar-refractivity contribution in [2.75, 3.05) is 14.2 Å². The van der Waals surface area contributed by atoms with Crippen LogP contribution in [0.4, 0.5) is 0 Å². The molecule has 6 heteroatoms. The van der Waals surface area contributed by atoms with E-state index in [9.17, 15) is 0 Å². The molecule has 0 heterocycles. The number of oxime groups is 1. The van der Waals surface area contributed by atoms with Crippen molar-refractivity contribution in [3.63, 3.8) is 0 Å². The van der Waals surface area contributed by atoms with Crippen molar-refractivity contribution in [3.05, 3.63) is 23.8 Å². The monoisotopic (exact) mass is 322 g/mol. The number of rotatable bonds is 5. The Morgan fingerprint density at radius 3 is 2.59 bits per heavy atom. The Labute approximate surface area is 136 Å². The van der Waals surface area contributed by atoms with Crippen LogP contribution in [-0.4, -0.2) is 31.7 Å². The van der Waals surface area contributed by atoms with E-state index in [0.717, 1.165) is 18.4 Å². The van der Waals surface area contributed by atoms with E-state index in [2.05, 4.69) is 10.5 Å². The predicted molar refractivity (Wildman–Crippen MR) is 90.8 cm³/mol. The second-order valence-electron chi connectivity index (χ2n) is 5.21. The molecule has 0 spiro atoms. The van der Waals surface area contributed by atoms with E-state index in [1.165, 1.54) is 19.3 Å². The van der Waals surface area contributed by atoms with Gasteiger partial charge in [-0.1, -0.05) is 24.4 Å². The third-order valence-corrected chi connectivity index (χ3v) is 3.86. The maximum atomic E-state index is 5.24. The zero-order valence-electron chi connectivity index (χ0n) is 13.0. The van der Waals surface area contributed by atoms with Crippen LogP contribution in [0.5, 0.6) is 11.5 Å². The highest BCUT2D eigenvalue weighted by Gasteiger charge is 2.14. The van der Waals surface area contributed by atoms with Gasteiger partial charge in [0.05, 0.1) is 20.4 Å². The first-order chi connectivity index (χ1) is 10.7. The quantitative estimate of drug-likeness (QED) is 0.512. The molecule has 1 aromatic carbocycles. The van der Waals surface area contributed by atoms with Gasteiger partial charge >= 0.3 is 0 Å². The van der Waals surface area contributed by atoms with Crippen LogP contribution in [0.15, 0.2) is 23.4 Å². The second kappa shape index (κ2) is 8.58. The summed E-state index contributed by atoms with van der Waals surface area (Å²) in [5, 5.41) is 7.43. The Hall–Kier alpha value is -1.82. The topological polar surface area (TPSA) is 52.1 Å². The van der Waals surface area contributed by atoms with Gasteiger partial charge < -0.3 is 19.6 Å². The van der Waals surface area contributed by atoms with E-state index in [1.807, 2.05) is 18.2 Å². The number of hydrogen-bond acceptors (Lipinski definition) is 5. The van der Waals surface area contributed by atoms with Crippen LogP contribution in [0.3, 0.4) is 0 Å². The van der Waals surface area contributed by atoms with Crippen LogP contribution in [0.2, 0.25) is 0 Å². The summed E-state index contributed by atoms with van der Waals surface area (Å²) in [6.45, 7) is 0. The number of nitrogens with one attached hydrogen (secondary N) is 1. The lowest BCUT2D eigenvalue weighted by molar-refractivity contribution is 0.304. The molecule has 0 atom stereocenters. The predicted octanol–water partition coefficient (Wildman–Crippen LogP) is 3.26. The van der Waals surface area contributed by atoms with E-state index in [4.69, 9.17) is 26.5 Å². The molecule has 2 rings (SSSR count). The molecule has 1 saturated carbocycles. The van der Waals surface area contributed by atoms with Crippen LogP contribution < -0.4 is 14.8 Å². The molecular weight excluding hydrogens is 300 g/mol. The first-order valence-electron chi connectivity index (χ1n) is 7.46. The Balaban J connectivity index is 1.84. The highest BCUT2D eigenvalue weighted by atomic mass is 32.1. The van der Waals surface area contributed by atoms with Crippen molar-refractivity contribution >= 4 is 23.6 Å². The van der Waals surface area contributed by atoms with Gasteiger partial charge in [0, 0.05) is 11.6 Å². The van der Waals surface area contributed by atoms with Crippen LogP contribution in [-0.2, 0) is 4.84 Å². The Morgan fingerprint density at radius 2 is 1.91 bits per heavy atom. The summed E-state index contributed by atoms with van der Waals surface area (Å²) < 4.78 is 10.4. The lowest BCUT2D eigenvalue weighted by Gasteiger charge is -2.22. The summed E-state index contributed by atoms with van der Waals surface area (Å²) in [5.74, 6) is 1.32. The summed E-state index contributed by atoms with van der Waals surface area (Å²) >= 11 is 5.15. The molecule has 1 aromatic rings. The molecule has 0 radical (unpaired) electrons. The molecule has 5 nitrogen and oxygen atoms in total. The minimum Gasteiger partial charge on any atom is -0.493 e. The zero-order valence-corrected chi connectivity index (χ0v) is 13.8. The van der Waals surface area contributed by atoms with E-state index >= 15 is 0 Å². The van der Waals surface area contributed by atoms with Crippen LogP contribution in [0.25, 0.3) is 0 Å². The third-order valence-electron chi connectivity index (χ3n) is 3.67. The average Bonchev–Trinajstić information content (AvgIpc) is 2.55. The number of benzene rings is 1. The molecule has 22 heavy (non-hydrogen) atoms. The SMILES string of the molecule is COc1ccc(/C=N/OC(=S)NC2CCCCC2)cc1OC. The number of ether oxygens (including phenoxy) is 2. The van der Waals surface area contributed by atoms with Gasteiger partial charge in [-0.25, -0.2) is 0 Å². The number of hydrogen-bond donors (Lipinski definition) is 1. The van der Waals surface area contributed by atoms with E-state index < -0.39 is 0 Å². The Morgan fingerprint density at radius 1 is 1.18 bits per heavy atom. The molecule has 1 aliphatic rings. The van der Waals surface area contributed by atoms with Crippen molar-refractivity contribution in [2.24, 2.45) is 5.16 Å². The molecule has 0 saturated heterocycles. The molecule has 0 aromatic heterocycles. The molecule has 1 fully saturated rings. The van der Waals surface area contributed by atoms with Crippen molar-refractivity contribution in [3.8, 4) is 11.5 Å². The fourth-order valence-electron chi connectivity index (χ4n) is 2.51. The highest BCUT2D eigenvalue weighted by Crippen LogP contribution is 2.26. The van der Waals surface area contributed by atoms with Gasteiger partial charge in [-0.15, -0.1) is 0 Å². The van der Waals surface area contributed by atoms with Crippen LogP contribution >= 0.6 is 12.2 Å². The van der Waals surface area contributed by atoms with Gasteiger partial charge in [-0.05, 0) is 43.3 Å². The maximum Gasteiger partial charge on any atom is 0.289 e. The maximum absolute atomic E-state index is 5.24. The highest BCUT2D eigenvalue weighted by molar-refractivity contribution is 7.80. The van der Waals surface area contributed by atoms with Gasteiger partial charge in [0.15, 0.2) is 11.5 Å². The first kappa shape index (κ1) is 16.5. The Kier molecular flexibility index (Phi) is 6.45. The minimum atomic E-state index is 0.323. The number of methoxy groups -OCH3 is 2. The molecular formula is C16H22N2O3S. The van der Waals surface area contributed by atoms with Crippen molar-refractivity contribution in [1.82, 2.24) is 5.32 Å². The summed E-state index contributed by atoms with van der Waals surface area (Å²) in [6, 6.07) is 5.92. The summed E-state index contributed by atoms with van der Waals surface area (Å²) in [5.41, 5.74) is 0.845. The van der Waals surface area contributed by atoms with Crippen molar-refractivity contribution in [1.29, 1.82) is 0 Å². The van der Waals surface area contributed by atoms with Crippen molar-refractivity contribution in [2.45, 2.75) is 38.1 Å². The largest absolute Gasteiger partial charge is 0.493 e. The van der Waals surface area contributed by atoms with Gasteiger partial charge in [-0.2, -0.15) is 0 Å². The lowest BCUT2D eigenvalue weighted by atomic mass is 9.96. The fraction of sp³-hybridized carbons (Fsp3) is 0.500. The minimum absolute atomic E-state index is 0.323. The normalized spacial score (nSPS) is 15.5. The van der Waals surface area contributed by atoms with Gasteiger partial charge in [0.1, 0.15) is 0 Å². The third kappa shape index (κ3) is 4.87. The molecule has 0 amide bonds. The molecule has 0 unspecified atom stereocenters. The molecule has 1 N–H and O–H groups in total. The van der Waals surface area contributed by atoms with Crippen LogP contribution in [0, 0.1) is 0 Å². The number of nitrogens with zero attached hydrogens (tertiary/aromatic N) is 1. The lowest BCUT2D eigenvalue weighted by Crippen LogP contribution is -2.35. The molecule has 1 aliphatic carbocycles. The first-order valence-corrected chi connectivity index (χ1v) is 7.86. The summed E-state index contributed by atoms with van der Waals surface area (Å²) in [4.78, 5) is 5.20. The molecule has 120 valence electrons. The van der Waals surface area contributed by atoms with E-state index in [1.54, 1.807) is 20.4 Å². The fourth-order valence-corrected chi connectivity index (χ4v) is 2.72. The van der Waals surface area contributed by atoms with E-state index in [0.29, 0.717) is 22.7 Å². The molecule has 0 bridgehead atoms. The number of thiocarbonyl (C=S) groups is 1. The average molecular weight is 322 g/mol. The summed E-state index contributed by atoms with van der Waals surface area (Å²) in [6.07, 6.45) is 7.68. The standard InChI is InChI=1S/C16H22N2O3S/c1-19-14-9-8-12(10-15(14)20-2)11-17-21-16(22)18-13-6-4-3-5-7-13/h8-11,13H,3-7H2,1-2H3,(H,18,22)/b17-11+. The van der Waals surface area contributed by atoms with E-state index in [-0.39, 0.29) is 0 Å². The smallest absolute Gasteiger partial charge is 0.289 e. The molecule has 0 aliphatic heterocycles.